The largest absolute Gasteiger partial charge is 0.477 e. The lowest BCUT2D eigenvalue weighted by Gasteiger charge is -1.95. The Labute approximate surface area is 101 Å². The van der Waals surface area contributed by atoms with Crippen molar-refractivity contribution >= 4 is 28.6 Å². The lowest BCUT2D eigenvalue weighted by molar-refractivity contribution is 0.0703. The fourth-order valence-corrected chi connectivity index (χ4v) is 3.02. The van der Waals surface area contributed by atoms with Crippen molar-refractivity contribution in [3.05, 3.63) is 27.4 Å². The minimum atomic E-state index is -0.896. The summed E-state index contributed by atoms with van der Waals surface area (Å²) in [4.78, 5) is 16.8. The van der Waals surface area contributed by atoms with Crippen molar-refractivity contribution in [2.45, 2.75) is 19.8 Å². The number of thiophene rings is 1. The molecule has 2 rings (SSSR count). The average molecular weight is 253 g/mol. The molecule has 2 aromatic rings. The number of carbonyl (C=O) groups is 1. The molecule has 0 aliphatic heterocycles. The van der Waals surface area contributed by atoms with E-state index in [-0.39, 0.29) is 5.92 Å². The topological polar surface area (TPSA) is 50.2 Å². The average Bonchev–Trinajstić information content (AvgIpc) is 2.86. The zero-order valence-electron chi connectivity index (χ0n) is 8.93. The summed E-state index contributed by atoms with van der Waals surface area (Å²) in [5.74, 6) is -0.635. The van der Waals surface area contributed by atoms with E-state index in [0.717, 1.165) is 9.88 Å². The second-order valence-corrected chi connectivity index (χ2v) is 5.65. The first-order valence-corrected chi connectivity index (χ1v) is 6.57. The third-order valence-electron chi connectivity index (χ3n) is 2.09. The van der Waals surface area contributed by atoms with Crippen LogP contribution < -0.4 is 0 Å². The molecule has 0 unspecified atom stereocenters. The highest BCUT2D eigenvalue weighted by atomic mass is 32.1. The molecule has 1 N–H and O–H groups in total. The van der Waals surface area contributed by atoms with E-state index < -0.39 is 5.97 Å². The van der Waals surface area contributed by atoms with E-state index in [9.17, 15) is 4.79 Å². The molecule has 5 heteroatoms. The molecule has 0 atom stereocenters. The highest BCUT2D eigenvalue weighted by Gasteiger charge is 2.20. The molecule has 0 saturated carbocycles. The molecule has 0 spiro atoms. The molecule has 0 aliphatic carbocycles. The summed E-state index contributed by atoms with van der Waals surface area (Å²) >= 11 is 2.78. The van der Waals surface area contributed by atoms with Crippen LogP contribution >= 0.6 is 22.7 Å². The molecular formula is C11H11NO2S2. The van der Waals surface area contributed by atoms with Gasteiger partial charge in [0.05, 0.1) is 9.88 Å². The van der Waals surface area contributed by atoms with Crippen LogP contribution in [0.2, 0.25) is 0 Å². The molecule has 0 amide bonds. The molecule has 0 fully saturated rings. The number of thiazole rings is 1. The lowest BCUT2D eigenvalue weighted by Crippen LogP contribution is -1.94. The predicted molar refractivity (Wildman–Crippen MR) is 66.5 cm³/mol. The van der Waals surface area contributed by atoms with Gasteiger partial charge in [-0.2, -0.15) is 0 Å². The Morgan fingerprint density at radius 3 is 2.75 bits per heavy atom. The maximum absolute atomic E-state index is 11.1. The number of aromatic carboxylic acids is 1. The normalized spacial score (nSPS) is 10.9. The minimum Gasteiger partial charge on any atom is -0.477 e. The molecule has 0 radical (unpaired) electrons. The van der Waals surface area contributed by atoms with E-state index in [4.69, 9.17) is 5.11 Å². The van der Waals surface area contributed by atoms with E-state index in [2.05, 4.69) is 4.98 Å². The molecule has 0 saturated heterocycles. The predicted octanol–water partition coefficient (Wildman–Crippen LogP) is 3.69. The first-order chi connectivity index (χ1) is 7.59. The van der Waals surface area contributed by atoms with Gasteiger partial charge in [-0.05, 0) is 11.4 Å². The van der Waals surface area contributed by atoms with Crippen molar-refractivity contribution in [1.82, 2.24) is 4.98 Å². The Morgan fingerprint density at radius 2 is 2.25 bits per heavy atom. The van der Waals surface area contributed by atoms with Crippen molar-refractivity contribution in [2.75, 3.05) is 0 Å². The van der Waals surface area contributed by atoms with Gasteiger partial charge in [-0.15, -0.1) is 22.7 Å². The van der Waals surface area contributed by atoms with Crippen molar-refractivity contribution in [3.8, 4) is 10.6 Å². The summed E-state index contributed by atoms with van der Waals surface area (Å²) < 4.78 is 0. The smallest absolute Gasteiger partial charge is 0.348 e. The molecule has 2 heterocycles. The lowest BCUT2D eigenvalue weighted by atomic mass is 10.2. The van der Waals surface area contributed by atoms with Crippen molar-refractivity contribution in [1.29, 1.82) is 0 Å². The Hall–Kier alpha value is -1.20. The molecule has 3 nitrogen and oxygen atoms in total. The molecule has 16 heavy (non-hydrogen) atoms. The van der Waals surface area contributed by atoms with E-state index in [1.165, 1.54) is 22.7 Å². The fraction of sp³-hybridized carbons (Fsp3) is 0.273. The van der Waals surface area contributed by atoms with Crippen molar-refractivity contribution in [2.24, 2.45) is 0 Å². The molecular weight excluding hydrogens is 242 g/mol. The maximum atomic E-state index is 11.1. The maximum Gasteiger partial charge on any atom is 0.348 e. The Bertz CT molecular complexity index is 500. The van der Waals surface area contributed by atoms with Gasteiger partial charge in [0.1, 0.15) is 10.6 Å². The molecule has 0 aliphatic rings. The van der Waals surface area contributed by atoms with Crippen LogP contribution in [0.15, 0.2) is 17.5 Å². The standard InChI is InChI=1S/C11H11NO2S2/c1-6(2)10-12-8(7-4-3-5-15-7)9(16-10)11(13)14/h3-6H,1-2H3,(H,13,14). The van der Waals surface area contributed by atoms with Crippen LogP contribution in [0.3, 0.4) is 0 Å². The number of aromatic nitrogens is 1. The van der Waals surface area contributed by atoms with Crippen LogP contribution in [-0.4, -0.2) is 16.1 Å². The zero-order chi connectivity index (χ0) is 11.7. The highest BCUT2D eigenvalue weighted by molar-refractivity contribution is 7.16. The second-order valence-electron chi connectivity index (χ2n) is 3.67. The number of carboxylic acid groups (broad SMARTS) is 1. The van der Waals surface area contributed by atoms with Crippen LogP contribution in [0.4, 0.5) is 0 Å². The van der Waals surface area contributed by atoms with Crippen LogP contribution in [0.5, 0.6) is 0 Å². The summed E-state index contributed by atoms with van der Waals surface area (Å²) in [5.41, 5.74) is 0.608. The van der Waals surface area contributed by atoms with Gasteiger partial charge in [-0.1, -0.05) is 19.9 Å². The van der Waals surface area contributed by atoms with E-state index in [1.807, 2.05) is 31.4 Å². The minimum absolute atomic E-state index is 0.261. The van der Waals surface area contributed by atoms with E-state index in [1.54, 1.807) is 0 Å². The van der Waals surface area contributed by atoms with Gasteiger partial charge in [-0.3, -0.25) is 0 Å². The summed E-state index contributed by atoms with van der Waals surface area (Å²) in [6.07, 6.45) is 0. The second kappa shape index (κ2) is 4.35. The van der Waals surface area contributed by atoms with Crippen LogP contribution in [0.1, 0.15) is 34.4 Å². The highest BCUT2D eigenvalue weighted by Crippen LogP contribution is 2.33. The van der Waals surface area contributed by atoms with Crippen LogP contribution in [-0.2, 0) is 0 Å². The summed E-state index contributed by atoms with van der Waals surface area (Å²) in [7, 11) is 0. The summed E-state index contributed by atoms with van der Waals surface area (Å²) in [5, 5.41) is 11.9. The quantitative estimate of drug-likeness (QED) is 0.907. The SMILES string of the molecule is CC(C)c1nc(-c2cccs2)c(C(=O)O)s1. The first kappa shape index (κ1) is 11.3. The first-order valence-electron chi connectivity index (χ1n) is 4.87. The number of rotatable bonds is 3. The zero-order valence-corrected chi connectivity index (χ0v) is 10.6. The van der Waals surface area contributed by atoms with Gasteiger partial charge in [0.25, 0.3) is 0 Å². The molecule has 84 valence electrons. The van der Waals surface area contributed by atoms with Crippen LogP contribution in [0.25, 0.3) is 10.6 Å². The van der Waals surface area contributed by atoms with Gasteiger partial charge in [0.15, 0.2) is 0 Å². The van der Waals surface area contributed by atoms with Gasteiger partial charge in [-0.25, -0.2) is 9.78 Å². The Morgan fingerprint density at radius 1 is 1.50 bits per heavy atom. The van der Waals surface area contributed by atoms with E-state index >= 15 is 0 Å². The monoisotopic (exact) mass is 253 g/mol. The number of nitrogens with zero attached hydrogens (tertiary/aromatic N) is 1. The van der Waals surface area contributed by atoms with Gasteiger partial charge >= 0.3 is 5.97 Å². The summed E-state index contributed by atoms with van der Waals surface area (Å²) in [6, 6.07) is 3.80. The summed E-state index contributed by atoms with van der Waals surface area (Å²) in [6.45, 7) is 4.03. The van der Waals surface area contributed by atoms with Gasteiger partial charge in [0.2, 0.25) is 0 Å². The molecule has 0 bridgehead atoms. The molecule has 2 aromatic heterocycles. The Balaban J connectivity index is 2.55. The number of hydrogen-bond donors (Lipinski definition) is 1. The fourth-order valence-electron chi connectivity index (χ4n) is 1.31. The number of carboxylic acids is 1. The molecule has 0 aromatic carbocycles. The van der Waals surface area contributed by atoms with Gasteiger partial charge in [0, 0.05) is 5.92 Å². The van der Waals surface area contributed by atoms with Crippen molar-refractivity contribution in [3.63, 3.8) is 0 Å². The van der Waals surface area contributed by atoms with Gasteiger partial charge < -0.3 is 5.11 Å². The van der Waals surface area contributed by atoms with Crippen LogP contribution in [0, 0.1) is 0 Å². The van der Waals surface area contributed by atoms with E-state index in [0.29, 0.717) is 10.6 Å². The third-order valence-corrected chi connectivity index (χ3v) is 4.31. The number of hydrogen-bond acceptors (Lipinski definition) is 4. The Kier molecular flexibility index (Phi) is 3.07. The third kappa shape index (κ3) is 2.01. The van der Waals surface area contributed by atoms with Crippen molar-refractivity contribution < 1.29 is 9.90 Å².